The highest BCUT2D eigenvalue weighted by Gasteiger charge is 2.15. The van der Waals surface area contributed by atoms with Crippen molar-refractivity contribution in [1.29, 1.82) is 0 Å². The molecule has 0 aliphatic heterocycles. The highest BCUT2D eigenvalue weighted by atomic mass is 16.5. The molecule has 0 N–H and O–H groups in total. The molecule has 3 aromatic rings. The van der Waals surface area contributed by atoms with Gasteiger partial charge in [0.25, 0.3) is 5.78 Å². The fourth-order valence-corrected chi connectivity index (χ4v) is 3.21. The van der Waals surface area contributed by atoms with Crippen LogP contribution >= 0.6 is 0 Å². The molecule has 2 heterocycles. The molecule has 0 atom stereocenters. The second kappa shape index (κ2) is 7.70. The standard InChI is InChI=1S/C19H22N4O3/c1-24-12-14-11-18(23-19(22-14)20-13-21-23)26-17-9-7-16(8-10-17)25-15-5-3-2-4-6-15/h7-11,13,15H,2-6,12H2,1H3. The van der Waals surface area contributed by atoms with E-state index in [9.17, 15) is 0 Å². The molecule has 7 heteroatoms. The van der Waals surface area contributed by atoms with Gasteiger partial charge in [0, 0.05) is 13.2 Å². The first-order valence-electron chi connectivity index (χ1n) is 8.95. The lowest BCUT2D eigenvalue weighted by Crippen LogP contribution is -2.19. The van der Waals surface area contributed by atoms with Crippen molar-refractivity contribution in [3.8, 4) is 17.4 Å². The molecule has 26 heavy (non-hydrogen) atoms. The Kier molecular flexibility index (Phi) is 4.97. The third-order valence-electron chi connectivity index (χ3n) is 4.47. The first-order valence-corrected chi connectivity index (χ1v) is 8.95. The van der Waals surface area contributed by atoms with Gasteiger partial charge in [-0.05, 0) is 49.9 Å². The van der Waals surface area contributed by atoms with E-state index in [1.54, 1.807) is 17.7 Å². The van der Waals surface area contributed by atoms with E-state index in [0.29, 0.717) is 30.1 Å². The maximum absolute atomic E-state index is 6.06. The molecule has 0 radical (unpaired) electrons. The summed E-state index contributed by atoms with van der Waals surface area (Å²) >= 11 is 0. The normalized spacial score (nSPS) is 15.3. The quantitative estimate of drug-likeness (QED) is 0.671. The Hall–Kier alpha value is -2.67. The van der Waals surface area contributed by atoms with Gasteiger partial charge in [0.2, 0.25) is 5.88 Å². The lowest BCUT2D eigenvalue weighted by Gasteiger charge is -2.23. The largest absolute Gasteiger partial charge is 0.490 e. The highest BCUT2D eigenvalue weighted by molar-refractivity contribution is 5.37. The maximum atomic E-state index is 6.06. The molecule has 0 spiro atoms. The van der Waals surface area contributed by atoms with Crippen LogP contribution in [0.1, 0.15) is 37.8 Å². The first kappa shape index (κ1) is 16.8. The molecule has 4 rings (SSSR count). The van der Waals surface area contributed by atoms with Crippen LogP contribution < -0.4 is 9.47 Å². The number of aromatic nitrogens is 4. The van der Waals surface area contributed by atoms with E-state index in [0.717, 1.165) is 24.3 Å². The zero-order valence-electron chi connectivity index (χ0n) is 14.8. The maximum Gasteiger partial charge on any atom is 0.255 e. The van der Waals surface area contributed by atoms with Crippen LogP contribution in [0.5, 0.6) is 17.4 Å². The molecule has 1 fully saturated rings. The number of ether oxygens (including phenoxy) is 3. The fourth-order valence-electron chi connectivity index (χ4n) is 3.21. The summed E-state index contributed by atoms with van der Waals surface area (Å²) in [6.45, 7) is 0.383. The van der Waals surface area contributed by atoms with Crippen LogP contribution in [0.2, 0.25) is 0 Å². The third kappa shape index (κ3) is 3.77. The summed E-state index contributed by atoms with van der Waals surface area (Å²) in [7, 11) is 1.63. The van der Waals surface area contributed by atoms with Gasteiger partial charge in [0.15, 0.2) is 0 Å². The highest BCUT2D eigenvalue weighted by Crippen LogP contribution is 2.27. The van der Waals surface area contributed by atoms with Crippen molar-refractivity contribution in [3.05, 3.63) is 42.4 Å². The van der Waals surface area contributed by atoms with Crippen molar-refractivity contribution >= 4 is 5.78 Å². The Labute approximate surface area is 151 Å². The summed E-state index contributed by atoms with van der Waals surface area (Å²) < 4.78 is 18.8. The molecule has 136 valence electrons. The van der Waals surface area contributed by atoms with Crippen LogP contribution in [0.4, 0.5) is 0 Å². The molecular weight excluding hydrogens is 332 g/mol. The van der Waals surface area contributed by atoms with E-state index in [4.69, 9.17) is 14.2 Å². The van der Waals surface area contributed by atoms with E-state index in [1.165, 1.54) is 25.6 Å². The number of rotatable bonds is 6. The SMILES string of the molecule is COCc1cc(Oc2ccc(OC3CCCCC3)cc2)n2ncnc2n1. The summed E-state index contributed by atoms with van der Waals surface area (Å²) in [6, 6.07) is 9.49. The number of fused-ring (bicyclic) bond motifs is 1. The minimum atomic E-state index is 0.335. The topological polar surface area (TPSA) is 70.8 Å². The van der Waals surface area contributed by atoms with Gasteiger partial charge in [-0.3, -0.25) is 0 Å². The van der Waals surface area contributed by atoms with Crippen molar-refractivity contribution in [2.75, 3.05) is 7.11 Å². The second-order valence-electron chi connectivity index (χ2n) is 6.44. The van der Waals surface area contributed by atoms with Crippen LogP contribution in [0, 0.1) is 0 Å². The molecule has 7 nitrogen and oxygen atoms in total. The average Bonchev–Trinajstić information content (AvgIpc) is 3.13. The summed E-state index contributed by atoms with van der Waals surface area (Å²) in [4.78, 5) is 8.50. The molecule has 0 saturated heterocycles. The Bertz CT molecular complexity index is 857. The van der Waals surface area contributed by atoms with Gasteiger partial charge >= 0.3 is 0 Å². The number of hydrogen-bond donors (Lipinski definition) is 0. The van der Waals surface area contributed by atoms with Crippen LogP contribution in [-0.4, -0.2) is 32.8 Å². The molecule has 2 aromatic heterocycles. The molecule has 1 aromatic carbocycles. The molecule has 0 bridgehead atoms. The van der Waals surface area contributed by atoms with Gasteiger partial charge < -0.3 is 14.2 Å². The molecule has 1 aliphatic rings. The zero-order chi connectivity index (χ0) is 17.8. The van der Waals surface area contributed by atoms with E-state index in [-0.39, 0.29) is 0 Å². The van der Waals surface area contributed by atoms with Gasteiger partial charge in [0.05, 0.1) is 18.4 Å². The predicted molar refractivity (Wildman–Crippen MR) is 95.5 cm³/mol. The summed E-state index contributed by atoms with van der Waals surface area (Å²) in [5.41, 5.74) is 0.736. The van der Waals surface area contributed by atoms with Crippen LogP contribution in [0.15, 0.2) is 36.7 Å². The van der Waals surface area contributed by atoms with Gasteiger partial charge in [-0.25, -0.2) is 4.98 Å². The first-order chi connectivity index (χ1) is 12.8. The summed E-state index contributed by atoms with van der Waals surface area (Å²) in [5.74, 6) is 2.60. The summed E-state index contributed by atoms with van der Waals surface area (Å²) in [5, 5.41) is 4.16. The molecule has 0 amide bonds. The van der Waals surface area contributed by atoms with E-state index in [1.807, 2.05) is 24.3 Å². The van der Waals surface area contributed by atoms with Crippen molar-refractivity contribution in [2.45, 2.75) is 44.8 Å². The number of nitrogens with zero attached hydrogens (tertiary/aromatic N) is 4. The van der Waals surface area contributed by atoms with Crippen molar-refractivity contribution in [2.24, 2.45) is 0 Å². The third-order valence-corrected chi connectivity index (χ3v) is 4.47. The van der Waals surface area contributed by atoms with Crippen molar-refractivity contribution < 1.29 is 14.2 Å². The number of benzene rings is 1. The molecular formula is C19H22N4O3. The molecule has 1 aliphatic carbocycles. The van der Waals surface area contributed by atoms with Crippen LogP contribution in [-0.2, 0) is 11.3 Å². The summed E-state index contributed by atoms with van der Waals surface area (Å²) in [6.07, 6.45) is 7.90. The van der Waals surface area contributed by atoms with Gasteiger partial charge in [-0.1, -0.05) is 6.42 Å². The van der Waals surface area contributed by atoms with Crippen LogP contribution in [0.25, 0.3) is 5.78 Å². The Morgan fingerprint density at radius 3 is 2.62 bits per heavy atom. The van der Waals surface area contributed by atoms with Crippen molar-refractivity contribution in [3.63, 3.8) is 0 Å². The molecule has 1 saturated carbocycles. The van der Waals surface area contributed by atoms with Crippen LogP contribution in [0.3, 0.4) is 0 Å². The Morgan fingerprint density at radius 2 is 1.85 bits per heavy atom. The predicted octanol–water partition coefficient (Wildman–Crippen LogP) is 3.77. The second-order valence-corrected chi connectivity index (χ2v) is 6.44. The van der Waals surface area contributed by atoms with E-state index >= 15 is 0 Å². The lowest BCUT2D eigenvalue weighted by molar-refractivity contribution is 0.155. The minimum Gasteiger partial charge on any atom is -0.490 e. The minimum absolute atomic E-state index is 0.335. The van der Waals surface area contributed by atoms with Gasteiger partial charge in [-0.15, -0.1) is 0 Å². The molecule has 0 unspecified atom stereocenters. The zero-order valence-corrected chi connectivity index (χ0v) is 14.8. The van der Waals surface area contributed by atoms with Gasteiger partial charge in [-0.2, -0.15) is 14.6 Å². The van der Waals surface area contributed by atoms with E-state index < -0.39 is 0 Å². The number of hydrogen-bond acceptors (Lipinski definition) is 6. The van der Waals surface area contributed by atoms with Gasteiger partial charge in [0.1, 0.15) is 17.8 Å². The van der Waals surface area contributed by atoms with Crippen molar-refractivity contribution in [1.82, 2.24) is 19.6 Å². The van der Waals surface area contributed by atoms with E-state index in [2.05, 4.69) is 15.1 Å². The Balaban J connectivity index is 1.50. The average molecular weight is 354 g/mol. The monoisotopic (exact) mass is 354 g/mol. The Morgan fingerprint density at radius 1 is 1.08 bits per heavy atom. The number of methoxy groups -OCH3 is 1. The lowest BCUT2D eigenvalue weighted by atomic mass is 9.98. The fraction of sp³-hybridized carbons (Fsp3) is 0.421. The smallest absolute Gasteiger partial charge is 0.255 e.